The van der Waals surface area contributed by atoms with Crippen molar-refractivity contribution >= 4 is 17.5 Å². The molecule has 0 aliphatic carbocycles. The molecule has 2 amide bonds. The maximum Gasteiger partial charge on any atom is 0.265 e. The van der Waals surface area contributed by atoms with Crippen LogP contribution in [0.3, 0.4) is 0 Å². The first-order valence-electron chi connectivity index (χ1n) is 11.1. The van der Waals surface area contributed by atoms with Crippen molar-refractivity contribution in [1.82, 2.24) is 5.32 Å². The molecule has 3 rings (SSSR count). The maximum atomic E-state index is 12.8. The number of carbonyl (C=O) groups is 2. The van der Waals surface area contributed by atoms with Crippen molar-refractivity contribution in [3.63, 3.8) is 0 Å². The summed E-state index contributed by atoms with van der Waals surface area (Å²) in [6.07, 6.45) is 0.589. The first-order valence-corrected chi connectivity index (χ1v) is 11.1. The van der Waals surface area contributed by atoms with Gasteiger partial charge in [0, 0.05) is 31.5 Å². The minimum atomic E-state index is -0.654. The van der Waals surface area contributed by atoms with E-state index >= 15 is 0 Å². The molecule has 2 N–H and O–H groups in total. The Hall–Kier alpha value is -3.64. The van der Waals surface area contributed by atoms with Gasteiger partial charge in [-0.1, -0.05) is 55.5 Å². The lowest BCUT2D eigenvalue weighted by Gasteiger charge is -2.18. The van der Waals surface area contributed by atoms with Gasteiger partial charge in [0.2, 0.25) is 0 Å². The zero-order valence-corrected chi connectivity index (χ0v) is 19.0. The van der Waals surface area contributed by atoms with Gasteiger partial charge < -0.3 is 20.1 Å². The molecule has 3 aromatic rings. The molecule has 33 heavy (non-hydrogen) atoms. The fourth-order valence-electron chi connectivity index (χ4n) is 3.32. The summed E-state index contributed by atoms with van der Waals surface area (Å²) in [4.78, 5) is 25.1. The van der Waals surface area contributed by atoms with E-state index in [1.807, 2.05) is 61.5 Å². The number of nitrogens with one attached hydrogen (secondary N) is 2. The van der Waals surface area contributed by atoms with Gasteiger partial charge in [-0.25, -0.2) is 0 Å². The van der Waals surface area contributed by atoms with Crippen LogP contribution in [-0.2, 0) is 9.53 Å². The van der Waals surface area contributed by atoms with Gasteiger partial charge in [0.1, 0.15) is 5.75 Å². The van der Waals surface area contributed by atoms with E-state index in [4.69, 9.17) is 9.47 Å². The van der Waals surface area contributed by atoms with Crippen molar-refractivity contribution in [2.75, 3.05) is 25.6 Å². The Morgan fingerprint density at radius 3 is 2.33 bits per heavy atom. The molecule has 0 radical (unpaired) electrons. The average molecular weight is 447 g/mol. The van der Waals surface area contributed by atoms with E-state index in [1.165, 1.54) is 0 Å². The summed E-state index contributed by atoms with van der Waals surface area (Å²) in [6.45, 7) is 3.01. The van der Waals surface area contributed by atoms with Crippen molar-refractivity contribution < 1.29 is 19.1 Å². The number of benzene rings is 3. The molecule has 0 saturated carbocycles. The third-order valence-electron chi connectivity index (χ3n) is 5.11. The van der Waals surface area contributed by atoms with Gasteiger partial charge in [-0.2, -0.15) is 0 Å². The minimum Gasteiger partial charge on any atom is -0.481 e. The fourth-order valence-corrected chi connectivity index (χ4v) is 3.32. The number of rotatable bonds is 11. The highest BCUT2D eigenvalue weighted by atomic mass is 16.5. The fraction of sp³-hybridized carbons (Fsp3) is 0.259. The number of methoxy groups -OCH3 is 1. The van der Waals surface area contributed by atoms with Gasteiger partial charge in [0.25, 0.3) is 11.8 Å². The molecule has 0 aromatic heterocycles. The van der Waals surface area contributed by atoms with Gasteiger partial charge in [-0.3, -0.25) is 9.59 Å². The summed E-state index contributed by atoms with van der Waals surface area (Å²) >= 11 is 0. The van der Waals surface area contributed by atoms with Crippen LogP contribution in [0.5, 0.6) is 5.75 Å². The number of anilines is 1. The van der Waals surface area contributed by atoms with Gasteiger partial charge in [-0.05, 0) is 54.3 Å². The van der Waals surface area contributed by atoms with Crippen LogP contribution < -0.4 is 15.4 Å². The maximum absolute atomic E-state index is 12.8. The molecule has 0 aliphatic rings. The normalized spacial score (nSPS) is 11.5. The lowest BCUT2D eigenvalue weighted by Crippen LogP contribution is -2.32. The van der Waals surface area contributed by atoms with E-state index in [-0.39, 0.29) is 11.8 Å². The van der Waals surface area contributed by atoms with Crippen LogP contribution in [-0.4, -0.2) is 38.2 Å². The summed E-state index contributed by atoms with van der Waals surface area (Å²) < 4.78 is 10.9. The quantitative estimate of drug-likeness (QED) is 0.410. The molecule has 0 fully saturated rings. The first-order chi connectivity index (χ1) is 16.1. The van der Waals surface area contributed by atoms with E-state index < -0.39 is 6.10 Å². The number of hydrogen-bond donors (Lipinski definition) is 2. The van der Waals surface area contributed by atoms with Gasteiger partial charge in [-0.15, -0.1) is 0 Å². The predicted molar refractivity (Wildman–Crippen MR) is 130 cm³/mol. The highest BCUT2D eigenvalue weighted by molar-refractivity contribution is 5.98. The molecular weight excluding hydrogens is 416 g/mol. The smallest absolute Gasteiger partial charge is 0.265 e. The van der Waals surface area contributed by atoms with Crippen molar-refractivity contribution in [1.29, 1.82) is 0 Å². The molecule has 6 heteroatoms. The third kappa shape index (κ3) is 7.19. The molecule has 1 unspecified atom stereocenters. The predicted octanol–water partition coefficient (Wildman–Crippen LogP) is 4.92. The average Bonchev–Trinajstić information content (AvgIpc) is 2.86. The van der Waals surface area contributed by atoms with E-state index in [1.54, 1.807) is 31.4 Å². The van der Waals surface area contributed by atoms with Crippen LogP contribution in [0, 0.1) is 0 Å². The molecule has 0 bridgehead atoms. The Morgan fingerprint density at radius 2 is 1.64 bits per heavy atom. The zero-order valence-electron chi connectivity index (χ0n) is 19.0. The van der Waals surface area contributed by atoms with Crippen LogP contribution in [0.15, 0.2) is 78.9 Å². The number of ether oxygens (including phenoxy) is 2. The Bertz CT molecular complexity index is 1040. The van der Waals surface area contributed by atoms with Crippen molar-refractivity contribution in [2.24, 2.45) is 0 Å². The number of carbonyl (C=O) groups excluding carboxylic acids is 2. The summed E-state index contributed by atoms with van der Waals surface area (Å²) in [6, 6.07) is 24.6. The highest BCUT2D eigenvalue weighted by Crippen LogP contribution is 2.23. The Labute approximate surface area is 194 Å². The van der Waals surface area contributed by atoms with E-state index in [0.29, 0.717) is 36.6 Å². The number of hydrogen-bond acceptors (Lipinski definition) is 4. The monoisotopic (exact) mass is 446 g/mol. The highest BCUT2D eigenvalue weighted by Gasteiger charge is 2.19. The van der Waals surface area contributed by atoms with E-state index in [9.17, 15) is 9.59 Å². The second-order valence-electron chi connectivity index (χ2n) is 7.58. The van der Waals surface area contributed by atoms with Crippen LogP contribution in [0.4, 0.5) is 5.69 Å². The Kier molecular flexibility index (Phi) is 9.03. The Balaban J connectivity index is 1.59. The molecule has 0 aliphatic heterocycles. The summed E-state index contributed by atoms with van der Waals surface area (Å²) in [5, 5.41) is 5.70. The van der Waals surface area contributed by atoms with E-state index in [2.05, 4.69) is 10.6 Å². The molecule has 0 heterocycles. The van der Waals surface area contributed by atoms with Crippen LogP contribution in [0.2, 0.25) is 0 Å². The van der Waals surface area contributed by atoms with Crippen molar-refractivity contribution in [2.45, 2.75) is 25.9 Å². The summed E-state index contributed by atoms with van der Waals surface area (Å²) in [5.41, 5.74) is 3.23. The standard InChI is InChI=1S/C27H30N2O4/c1-3-25(33-24-15-13-21(14-16-24)20-9-5-4-6-10-20)27(31)29-23-12-7-11-22(19-23)26(30)28-17-8-18-32-2/h4-7,9-16,19,25H,3,8,17-18H2,1-2H3,(H,28,30)(H,29,31). The lowest BCUT2D eigenvalue weighted by molar-refractivity contribution is -0.122. The van der Waals surface area contributed by atoms with E-state index in [0.717, 1.165) is 17.5 Å². The lowest BCUT2D eigenvalue weighted by atomic mass is 10.1. The molecule has 0 spiro atoms. The summed E-state index contributed by atoms with van der Waals surface area (Å²) in [5.74, 6) is 0.173. The topological polar surface area (TPSA) is 76.7 Å². The number of amides is 2. The van der Waals surface area contributed by atoms with Crippen LogP contribution in [0.25, 0.3) is 11.1 Å². The second-order valence-corrected chi connectivity index (χ2v) is 7.58. The van der Waals surface area contributed by atoms with Gasteiger partial charge >= 0.3 is 0 Å². The largest absolute Gasteiger partial charge is 0.481 e. The minimum absolute atomic E-state index is 0.191. The molecule has 1 atom stereocenters. The summed E-state index contributed by atoms with van der Waals surface area (Å²) in [7, 11) is 1.63. The molecule has 6 nitrogen and oxygen atoms in total. The van der Waals surface area contributed by atoms with Crippen LogP contribution >= 0.6 is 0 Å². The van der Waals surface area contributed by atoms with Crippen LogP contribution in [0.1, 0.15) is 30.1 Å². The van der Waals surface area contributed by atoms with Crippen molar-refractivity contribution in [3.05, 3.63) is 84.4 Å². The first kappa shape index (κ1) is 24.0. The third-order valence-corrected chi connectivity index (χ3v) is 5.11. The molecule has 3 aromatic carbocycles. The zero-order chi connectivity index (χ0) is 23.5. The van der Waals surface area contributed by atoms with Gasteiger partial charge in [0.15, 0.2) is 6.10 Å². The molecule has 0 saturated heterocycles. The SMILES string of the molecule is CCC(Oc1ccc(-c2ccccc2)cc1)C(=O)Nc1cccc(C(=O)NCCCOC)c1. The second kappa shape index (κ2) is 12.4. The van der Waals surface area contributed by atoms with Gasteiger partial charge in [0.05, 0.1) is 0 Å². The van der Waals surface area contributed by atoms with Crippen molar-refractivity contribution in [3.8, 4) is 16.9 Å². The molecular formula is C27H30N2O4. The Morgan fingerprint density at radius 1 is 0.909 bits per heavy atom. The molecule has 172 valence electrons.